The second-order valence-corrected chi connectivity index (χ2v) is 4.57. The van der Waals surface area contributed by atoms with Crippen molar-refractivity contribution < 1.29 is 5.11 Å². The van der Waals surface area contributed by atoms with E-state index in [0.717, 1.165) is 16.3 Å². The van der Waals surface area contributed by atoms with Crippen molar-refractivity contribution in [3.8, 4) is 5.75 Å². The van der Waals surface area contributed by atoms with Gasteiger partial charge in [0.1, 0.15) is 5.75 Å². The molecular formula is C12H12N2OS. The van der Waals surface area contributed by atoms with Gasteiger partial charge in [0.15, 0.2) is 5.16 Å². The van der Waals surface area contributed by atoms with Crippen LogP contribution in [0.5, 0.6) is 5.75 Å². The number of benzene rings is 1. The lowest BCUT2D eigenvalue weighted by molar-refractivity contribution is 0.474. The van der Waals surface area contributed by atoms with E-state index in [2.05, 4.69) is 9.97 Å². The van der Waals surface area contributed by atoms with Gasteiger partial charge in [0.25, 0.3) is 0 Å². The SMILES string of the molecule is Cc1cc(C)nc(Sc2cccc(O)c2)n1. The summed E-state index contributed by atoms with van der Waals surface area (Å²) in [6, 6.07) is 9.01. The number of rotatable bonds is 2. The fraction of sp³-hybridized carbons (Fsp3) is 0.167. The van der Waals surface area contributed by atoms with Crippen LogP contribution in [-0.2, 0) is 0 Å². The Kier molecular flexibility index (Phi) is 3.10. The molecule has 1 aromatic heterocycles. The lowest BCUT2D eigenvalue weighted by Crippen LogP contribution is -1.92. The predicted octanol–water partition coefficient (Wildman–Crippen LogP) is 2.95. The van der Waals surface area contributed by atoms with E-state index in [9.17, 15) is 5.11 Å². The summed E-state index contributed by atoms with van der Waals surface area (Å²) in [7, 11) is 0. The predicted molar refractivity (Wildman–Crippen MR) is 63.7 cm³/mol. The fourth-order valence-corrected chi connectivity index (χ4v) is 2.31. The largest absolute Gasteiger partial charge is 0.508 e. The van der Waals surface area contributed by atoms with Gasteiger partial charge in [-0.2, -0.15) is 0 Å². The molecule has 0 saturated heterocycles. The third-order valence-electron chi connectivity index (χ3n) is 1.99. The van der Waals surface area contributed by atoms with Crippen LogP contribution in [0, 0.1) is 13.8 Å². The zero-order chi connectivity index (χ0) is 11.5. The van der Waals surface area contributed by atoms with E-state index in [-0.39, 0.29) is 5.75 Å². The first kappa shape index (κ1) is 11.0. The smallest absolute Gasteiger partial charge is 0.192 e. The lowest BCUT2D eigenvalue weighted by Gasteiger charge is -2.03. The van der Waals surface area contributed by atoms with Gasteiger partial charge in [0, 0.05) is 16.3 Å². The fourth-order valence-electron chi connectivity index (χ4n) is 1.39. The van der Waals surface area contributed by atoms with Gasteiger partial charge in [-0.05, 0) is 49.9 Å². The van der Waals surface area contributed by atoms with E-state index in [1.54, 1.807) is 18.2 Å². The van der Waals surface area contributed by atoms with Crippen LogP contribution in [0.1, 0.15) is 11.4 Å². The van der Waals surface area contributed by atoms with E-state index in [0.29, 0.717) is 5.16 Å². The maximum atomic E-state index is 9.35. The average molecular weight is 232 g/mol. The summed E-state index contributed by atoms with van der Waals surface area (Å²) in [5, 5.41) is 10.1. The third kappa shape index (κ3) is 2.73. The maximum Gasteiger partial charge on any atom is 0.192 e. The average Bonchev–Trinajstić information content (AvgIpc) is 2.15. The maximum absolute atomic E-state index is 9.35. The molecule has 0 spiro atoms. The van der Waals surface area contributed by atoms with Gasteiger partial charge >= 0.3 is 0 Å². The number of nitrogens with zero attached hydrogens (tertiary/aromatic N) is 2. The third-order valence-corrected chi connectivity index (χ3v) is 2.84. The summed E-state index contributed by atoms with van der Waals surface area (Å²) in [4.78, 5) is 9.59. The quantitative estimate of drug-likeness (QED) is 0.809. The first-order chi connectivity index (χ1) is 7.63. The van der Waals surface area contributed by atoms with Gasteiger partial charge in [0.05, 0.1) is 0 Å². The topological polar surface area (TPSA) is 46.0 Å². The molecule has 16 heavy (non-hydrogen) atoms. The minimum atomic E-state index is 0.259. The van der Waals surface area contributed by atoms with Crippen molar-refractivity contribution in [3.63, 3.8) is 0 Å². The van der Waals surface area contributed by atoms with E-state index in [4.69, 9.17) is 0 Å². The van der Waals surface area contributed by atoms with Crippen LogP contribution < -0.4 is 0 Å². The molecule has 2 aromatic rings. The Morgan fingerprint density at radius 1 is 1.06 bits per heavy atom. The van der Waals surface area contributed by atoms with E-state index in [1.165, 1.54) is 11.8 Å². The first-order valence-corrected chi connectivity index (χ1v) is 5.74. The first-order valence-electron chi connectivity index (χ1n) is 4.92. The normalized spacial score (nSPS) is 10.4. The van der Waals surface area contributed by atoms with Crippen LogP contribution in [-0.4, -0.2) is 15.1 Å². The number of phenolic OH excluding ortho intramolecular Hbond substituents is 1. The number of aryl methyl sites for hydroxylation is 2. The minimum Gasteiger partial charge on any atom is -0.508 e. The molecule has 1 aromatic carbocycles. The molecule has 4 heteroatoms. The molecule has 3 nitrogen and oxygen atoms in total. The Morgan fingerprint density at radius 2 is 1.75 bits per heavy atom. The summed E-state index contributed by atoms with van der Waals surface area (Å²) >= 11 is 1.45. The standard InChI is InChI=1S/C12H12N2OS/c1-8-6-9(2)14-12(13-8)16-11-5-3-4-10(15)7-11/h3-7,15H,1-2H3. The number of phenols is 1. The van der Waals surface area contributed by atoms with Gasteiger partial charge < -0.3 is 5.11 Å². The van der Waals surface area contributed by atoms with Gasteiger partial charge in [-0.3, -0.25) is 0 Å². The van der Waals surface area contributed by atoms with Crippen molar-refractivity contribution in [2.75, 3.05) is 0 Å². The number of aromatic nitrogens is 2. The monoisotopic (exact) mass is 232 g/mol. The second kappa shape index (κ2) is 4.53. The number of hydrogen-bond donors (Lipinski definition) is 1. The highest BCUT2D eigenvalue weighted by atomic mass is 32.2. The molecule has 0 bridgehead atoms. The number of hydrogen-bond acceptors (Lipinski definition) is 4. The van der Waals surface area contributed by atoms with Crippen LogP contribution in [0.3, 0.4) is 0 Å². The van der Waals surface area contributed by atoms with Crippen molar-refractivity contribution in [1.29, 1.82) is 0 Å². The Bertz CT molecular complexity index is 494. The van der Waals surface area contributed by atoms with Crippen LogP contribution in [0.25, 0.3) is 0 Å². The van der Waals surface area contributed by atoms with Crippen molar-refractivity contribution in [3.05, 3.63) is 41.7 Å². The lowest BCUT2D eigenvalue weighted by atomic mass is 10.3. The molecule has 0 fully saturated rings. The zero-order valence-corrected chi connectivity index (χ0v) is 9.95. The van der Waals surface area contributed by atoms with Crippen molar-refractivity contribution >= 4 is 11.8 Å². The molecule has 1 N–H and O–H groups in total. The molecule has 1 heterocycles. The Labute approximate surface area is 98.6 Å². The van der Waals surface area contributed by atoms with Crippen LogP contribution in [0.4, 0.5) is 0 Å². The van der Waals surface area contributed by atoms with Crippen molar-refractivity contribution in [2.24, 2.45) is 0 Å². The highest BCUT2D eigenvalue weighted by Crippen LogP contribution is 2.27. The van der Waals surface area contributed by atoms with Crippen LogP contribution in [0.15, 0.2) is 40.4 Å². The van der Waals surface area contributed by atoms with Gasteiger partial charge in [-0.15, -0.1) is 0 Å². The molecule has 0 aliphatic carbocycles. The molecule has 0 aliphatic rings. The van der Waals surface area contributed by atoms with Crippen LogP contribution >= 0.6 is 11.8 Å². The summed E-state index contributed by atoms with van der Waals surface area (Å²) in [6.07, 6.45) is 0. The van der Waals surface area contributed by atoms with Gasteiger partial charge in [0.2, 0.25) is 0 Å². The van der Waals surface area contributed by atoms with E-state index < -0.39 is 0 Å². The summed E-state index contributed by atoms with van der Waals surface area (Å²) in [5.41, 5.74) is 1.91. The van der Waals surface area contributed by atoms with E-state index >= 15 is 0 Å². The molecule has 0 atom stereocenters. The Balaban J connectivity index is 2.27. The summed E-state index contributed by atoms with van der Waals surface area (Å²) in [6.45, 7) is 3.89. The van der Waals surface area contributed by atoms with E-state index in [1.807, 2.05) is 26.0 Å². The molecule has 0 amide bonds. The minimum absolute atomic E-state index is 0.259. The summed E-state index contributed by atoms with van der Waals surface area (Å²) < 4.78 is 0. The second-order valence-electron chi connectivity index (χ2n) is 3.53. The van der Waals surface area contributed by atoms with Gasteiger partial charge in [-0.1, -0.05) is 6.07 Å². The number of aromatic hydroxyl groups is 1. The molecular weight excluding hydrogens is 220 g/mol. The van der Waals surface area contributed by atoms with Gasteiger partial charge in [-0.25, -0.2) is 9.97 Å². The molecule has 0 radical (unpaired) electrons. The highest BCUT2D eigenvalue weighted by Gasteiger charge is 2.03. The van der Waals surface area contributed by atoms with Crippen LogP contribution in [0.2, 0.25) is 0 Å². The van der Waals surface area contributed by atoms with Crippen molar-refractivity contribution in [2.45, 2.75) is 23.9 Å². The molecule has 0 saturated carbocycles. The molecule has 82 valence electrons. The molecule has 0 unspecified atom stereocenters. The highest BCUT2D eigenvalue weighted by molar-refractivity contribution is 7.99. The summed E-state index contributed by atoms with van der Waals surface area (Å²) in [5.74, 6) is 0.259. The molecule has 0 aliphatic heterocycles. The Morgan fingerprint density at radius 3 is 2.38 bits per heavy atom. The van der Waals surface area contributed by atoms with Crippen molar-refractivity contribution in [1.82, 2.24) is 9.97 Å². The molecule has 2 rings (SSSR count). The Hall–Kier alpha value is -1.55. The zero-order valence-electron chi connectivity index (χ0n) is 9.14.